The van der Waals surface area contributed by atoms with E-state index in [-0.39, 0.29) is 24.8 Å². The Morgan fingerprint density at radius 1 is 1.57 bits per heavy atom. The van der Waals surface area contributed by atoms with Gasteiger partial charge in [0.25, 0.3) is 0 Å². The number of hydrogen-bond donors (Lipinski definition) is 1. The summed E-state index contributed by atoms with van der Waals surface area (Å²) in [4.78, 5) is 10.7. The fraction of sp³-hybridized carbons (Fsp3) is 0.889. The van der Waals surface area contributed by atoms with Crippen molar-refractivity contribution in [1.82, 2.24) is 5.32 Å². The largest absolute Gasteiger partial charge is 0.467 e. The third-order valence-corrected chi connectivity index (χ3v) is 1.98. The standard InChI is InChI=1S/C9H17NO4/c1-7-3-10-4-8(14-7)5-13-6-9(11)12-2/h7-8,10H,3-6H2,1-2H3. The Bertz CT molecular complexity index is 186. The SMILES string of the molecule is COC(=O)COCC1CNCC(C)O1. The third kappa shape index (κ3) is 4.04. The molecular weight excluding hydrogens is 186 g/mol. The summed E-state index contributed by atoms with van der Waals surface area (Å²) >= 11 is 0. The molecule has 2 atom stereocenters. The molecule has 14 heavy (non-hydrogen) atoms. The summed E-state index contributed by atoms with van der Waals surface area (Å²) in [6.45, 7) is 4.05. The number of ether oxygens (including phenoxy) is 3. The molecule has 0 amide bonds. The molecule has 1 aliphatic heterocycles. The van der Waals surface area contributed by atoms with E-state index in [1.807, 2.05) is 6.92 Å². The van der Waals surface area contributed by atoms with Crippen LogP contribution in [0.5, 0.6) is 0 Å². The lowest BCUT2D eigenvalue weighted by Crippen LogP contribution is -2.45. The first-order valence-electron chi connectivity index (χ1n) is 4.73. The number of morpholine rings is 1. The molecule has 0 aromatic heterocycles. The number of nitrogens with one attached hydrogen (secondary N) is 1. The third-order valence-electron chi connectivity index (χ3n) is 1.98. The van der Waals surface area contributed by atoms with Crippen molar-refractivity contribution >= 4 is 5.97 Å². The predicted molar refractivity (Wildman–Crippen MR) is 50.0 cm³/mol. The molecule has 0 radical (unpaired) electrons. The molecule has 0 spiro atoms. The lowest BCUT2D eigenvalue weighted by atomic mass is 10.2. The summed E-state index contributed by atoms with van der Waals surface area (Å²) in [6, 6.07) is 0. The van der Waals surface area contributed by atoms with E-state index in [0.717, 1.165) is 13.1 Å². The van der Waals surface area contributed by atoms with E-state index >= 15 is 0 Å². The molecule has 5 nitrogen and oxygen atoms in total. The first-order chi connectivity index (χ1) is 6.72. The van der Waals surface area contributed by atoms with Gasteiger partial charge in [-0.25, -0.2) is 4.79 Å². The summed E-state index contributed by atoms with van der Waals surface area (Å²) in [5.41, 5.74) is 0. The van der Waals surface area contributed by atoms with Crippen molar-refractivity contribution in [3.63, 3.8) is 0 Å². The molecule has 5 heteroatoms. The summed E-state index contributed by atoms with van der Waals surface area (Å²) < 4.78 is 15.1. The van der Waals surface area contributed by atoms with Crippen LogP contribution in [0.25, 0.3) is 0 Å². The fourth-order valence-electron chi connectivity index (χ4n) is 1.30. The Kier molecular flexibility index (Phi) is 4.86. The number of rotatable bonds is 4. The maximum absolute atomic E-state index is 10.7. The van der Waals surface area contributed by atoms with E-state index in [2.05, 4.69) is 10.1 Å². The van der Waals surface area contributed by atoms with Gasteiger partial charge in [-0.05, 0) is 6.92 Å². The second kappa shape index (κ2) is 5.95. The van der Waals surface area contributed by atoms with E-state index < -0.39 is 0 Å². The quantitative estimate of drug-likeness (QED) is 0.627. The van der Waals surface area contributed by atoms with Gasteiger partial charge >= 0.3 is 5.97 Å². The Morgan fingerprint density at radius 3 is 3.00 bits per heavy atom. The van der Waals surface area contributed by atoms with E-state index in [4.69, 9.17) is 9.47 Å². The van der Waals surface area contributed by atoms with Crippen molar-refractivity contribution in [2.75, 3.05) is 33.4 Å². The van der Waals surface area contributed by atoms with Gasteiger partial charge in [0.1, 0.15) is 6.61 Å². The van der Waals surface area contributed by atoms with Gasteiger partial charge in [-0.3, -0.25) is 0 Å². The Balaban J connectivity index is 2.08. The minimum Gasteiger partial charge on any atom is -0.467 e. The molecule has 0 aliphatic carbocycles. The summed E-state index contributed by atoms with van der Waals surface area (Å²) in [6.07, 6.45) is 0.235. The highest BCUT2D eigenvalue weighted by molar-refractivity contribution is 5.70. The molecule has 1 N–H and O–H groups in total. The molecule has 0 aromatic carbocycles. The van der Waals surface area contributed by atoms with Gasteiger partial charge in [0, 0.05) is 13.1 Å². The number of carbonyl (C=O) groups excluding carboxylic acids is 1. The molecular formula is C9H17NO4. The molecule has 0 saturated carbocycles. The first kappa shape index (κ1) is 11.4. The van der Waals surface area contributed by atoms with Gasteiger partial charge in [0.2, 0.25) is 0 Å². The zero-order valence-electron chi connectivity index (χ0n) is 8.62. The van der Waals surface area contributed by atoms with E-state index in [9.17, 15) is 4.79 Å². The summed E-state index contributed by atoms with van der Waals surface area (Å²) in [5, 5.41) is 3.22. The van der Waals surface area contributed by atoms with Gasteiger partial charge in [-0.2, -0.15) is 0 Å². The zero-order valence-corrected chi connectivity index (χ0v) is 8.62. The lowest BCUT2D eigenvalue weighted by molar-refractivity contribution is -0.148. The number of methoxy groups -OCH3 is 1. The Morgan fingerprint density at radius 2 is 2.36 bits per heavy atom. The molecule has 1 rings (SSSR count). The van der Waals surface area contributed by atoms with Crippen LogP contribution < -0.4 is 5.32 Å². The smallest absolute Gasteiger partial charge is 0.331 e. The van der Waals surface area contributed by atoms with Crippen LogP contribution in [0.4, 0.5) is 0 Å². The molecule has 0 aromatic rings. The molecule has 1 heterocycles. The highest BCUT2D eigenvalue weighted by atomic mass is 16.6. The van der Waals surface area contributed by atoms with E-state index in [1.165, 1.54) is 7.11 Å². The highest BCUT2D eigenvalue weighted by Gasteiger charge is 2.18. The summed E-state index contributed by atoms with van der Waals surface area (Å²) in [5.74, 6) is -0.359. The van der Waals surface area contributed by atoms with Crippen LogP contribution >= 0.6 is 0 Å². The molecule has 1 aliphatic rings. The molecule has 0 bridgehead atoms. The van der Waals surface area contributed by atoms with Gasteiger partial charge in [-0.15, -0.1) is 0 Å². The van der Waals surface area contributed by atoms with Crippen molar-refractivity contribution in [2.45, 2.75) is 19.1 Å². The fourth-order valence-corrected chi connectivity index (χ4v) is 1.30. The van der Waals surface area contributed by atoms with Crippen molar-refractivity contribution in [3.8, 4) is 0 Å². The van der Waals surface area contributed by atoms with Crippen LogP contribution in [-0.4, -0.2) is 51.6 Å². The topological polar surface area (TPSA) is 56.8 Å². The van der Waals surface area contributed by atoms with Crippen LogP contribution in [0.3, 0.4) is 0 Å². The molecule has 82 valence electrons. The van der Waals surface area contributed by atoms with E-state index in [0.29, 0.717) is 6.61 Å². The summed E-state index contributed by atoms with van der Waals surface area (Å²) in [7, 11) is 1.34. The minimum absolute atomic E-state index is 0.00919. The second-order valence-electron chi connectivity index (χ2n) is 3.32. The molecule has 1 saturated heterocycles. The van der Waals surface area contributed by atoms with Gasteiger partial charge in [0.05, 0.1) is 25.9 Å². The van der Waals surface area contributed by atoms with Crippen LogP contribution in [0.15, 0.2) is 0 Å². The van der Waals surface area contributed by atoms with Crippen LogP contribution in [0.2, 0.25) is 0 Å². The van der Waals surface area contributed by atoms with Gasteiger partial charge < -0.3 is 19.5 Å². The lowest BCUT2D eigenvalue weighted by Gasteiger charge is -2.28. The minimum atomic E-state index is -0.359. The molecule has 1 fully saturated rings. The van der Waals surface area contributed by atoms with Crippen LogP contribution in [-0.2, 0) is 19.0 Å². The highest BCUT2D eigenvalue weighted by Crippen LogP contribution is 2.03. The first-order valence-corrected chi connectivity index (χ1v) is 4.73. The predicted octanol–water partition coefficient (Wildman–Crippen LogP) is -0.447. The van der Waals surface area contributed by atoms with Crippen molar-refractivity contribution in [3.05, 3.63) is 0 Å². The number of esters is 1. The van der Waals surface area contributed by atoms with Crippen molar-refractivity contribution in [2.24, 2.45) is 0 Å². The van der Waals surface area contributed by atoms with Crippen LogP contribution in [0, 0.1) is 0 Å². The average molecular weight is 203 g/mol. The maximum Gasteiger partial charge on any atom is 0.331 e. The van der Waals surface area contributed by atoms with Gasteiger partial charge in [0.15, 0.2) is 0 Å². The average Bonchev–Trinajstić information content (AvgIpc) is 2.17. The maximum atomic E-state index is 10.7. The monoisotopic (exact) mass is 203 g/mol. The zero-order chi connectivity index (χ0) is 10.4. The number of hydrogen-bond acceptors (Lipinski definition) is 5. The second-order valence-corrected chi connectivity index (χ2v) is 3.32. The normalized spacial score (nSPS) is 27.3. The Labute approximate surface area is 83.7 Å². The van der Waals surface area contributed by atoms with Crippen molar-refractivity contribution in [1.29, 1.82) is 0 Å². The number of carbonyl (C=O) groups is 1. The molecule has 2 unspecified atom stereocenters. The van der Waals surface area contributed by atoms with Gasteiger partial charge in [-0.1, -0.05) is 0 Å². The van der Waals surface area contributed by atoms with Crippen molar-refractivity contribution < 1.29 is 19.0 Å². The van der Waals surface area contributed by atoms with Crippen LogP contribution in [0.1, 0.15) is 6.92 Å². The van der Waals surface area contributed by atoms with E-state index in [1.54, 1.807) is 0 Å². The Hall–Kier alpha value is -0.650.